The largest absolute Gasteiger partial charge is 0.495 e. The fourth-order valence-corrected chi connectivity index (χ4v) is 2.59. The first-order chi connectivity index (χ1) is 7.99. The molecule has 0 heterocycles. The number of carboxylic acids is 1. The molecule has 17 heavy (non-hydrogen) atoms. The Morgan fingerprint density at radius 3 is 2.59 bits per heavy atom. The van der Waals surface area contributed by atoms with Crippen molar-refractivity contribution in [3.63, 3.8) is 0 Å². The Hall–Kier alpha value is -0.750. The molecule has 0 aliphatic rings. The summed E-state index contributed by atoms with van der Waals surface area (Å²) in [7, 11) is 1.56. The van der Waals surface area contributed by atoms with E-state index in [1.54, 1.807) is 13.2 Å². The zero-order valence-corrected chi connectivity index (χ0v) is 12.6. The molecule has 0 saturated carbocycles. The van der Waals surface area contributed by atoms with Gasteiger partial charge in [-0.15, -0.1) is 0 Å². The molecule has 0 saturated heterocycles. The lowest BCUT2D eigenvalue weighted by Crippen LogP contribution is -2.28. The summed E-state index contributed by atoms with van der Waals surface area (Å²) in [4.78, 5) is 10.9. The minimum Gasteiger partial charge on any atom is -0.495 e. The van der Waals surface area contributed by atoms with E-state index in [-0.39, 0.29) is 0 Å². The van der Waals surface area contributed by atoms with Gasteiger partial charge in [0.15, 0.2) is 0 Å². The summed E-state index contributed by atoms with van der Waals surface area (Å²) in [5.41, 5.74) is 0.694. The van der Waals surface area contributed by atoms with Gasteiger partial charge in [-0.1, -0.05) is 6.92 Å². The molecule has 94 valence electrons. The molecule has 0 spiro atoms. The fraction of sp³-hybridized carbons (Fsp3) is 0.364. The molecule has 0 fully saturated rings. The summed E-state index contributed by atoms with van der Waals surface area (Å²) in [5.74, 6) is -0.225. The maximum absolute atomic E-state index is 10.9. The monoisotopic (exact) mass is 365 g/mol. The van der Waals surface area contributed by atoms with E-state index in [0.717, 1.165) is 8.95 Å². The average molecular weight is 367 g/mol. The maximum Gasteiger partial charge on any atom is 0.326 e. The van der Waals surface area contributed by atoms with Crippen molar-refractivity contribution in [3.8, 4) is 5.75 Å². The van der Waals surface area contributed by atoms with Crippen LogP contribution in [0.1, 0.15) is 13.3 Å². The van der Waals surface area contributed by atoms with Gasteiger partial charge in [0, 0.05) is 10.5 Å². The third-order valence-corrected chi connectivity index (χ3v) is 3.55. The van der Waals surface area contributed by atoms with Crippen molar-refractivity contribution in [2.45, 2.75) is 19.4 Å². The van der Waals surface area contributed by atoms with Crippen LogP contribution in [-0.4, -0.2) is 24.2 Å². The number of carbonyl (C=O) groups is 1. The first-order valence-corrected chi connectivity index (χ1v) is 6.60. The molecule has 1 rings (SSSR count). The van der Waals surface area contributed by atoms with Crippen LogP contribution in [-0.2, 0) is 4.79 Å². The smallest absolute Gasteiger partial charge is 0.326 e. The first-order valence-electron chi connectivity index (χ1n) is 5.02. The van der Waals surface area contributed by atoms with Gasteiger partial charge in [0.25, 0.3) is 0 Å². The van der Waals surface area contributed by atoms with E-state index < -0.39 is 12.0 Å². The van der Waals surface area contributed by atoms with Crippen LogP contribution in [0.3, 0.4) is 0 Å². The molecule has 2 N–H and O–H groups in total. The molecule has 1 aromatic carbocycles. The number of hydrogen-bond donors (Lipinski definition) is 2. The molecule has 0 aliphatic heterocycles. The number of hydrogen-bond acceptors (Lipinski definition) is 3. The zero-order chi connectivity index (χ0) is 13.0. The number of nitrogens with one attached hydrogen (secondary N) is 1. The van der Waals surface area contributed by atoms with Crippen LogP contribution in [0.25, 0.3) is 0 Å². The van der Waals surface area contributed by atoms with E-state index >= 15 is 0 Å². The first kappa shape index (κ1) is 14.3. The normalized spacial score (nSPS) is 12.0. The molecule has 0 aromatic heterocycles. The van der Waals surface area contributed by atoms with Gasteiger partial charge in [-0.3, -0.25) is 0 Å². The lowest BCUT2D eigenvalue weighted by Gasteiger charge is -2.16. The molecular weight excluding hydrogens is 354 g/mol. The number of aliphatic carboxylic acids is 1. The van der Waals surface area contributed by atoms with Crippen LogP contribution in [0.2, 0.25) is 0 Å². The number of methoxy groups -OCH3 is 1. The minimum atomic E-state index is -0.874. The van der Waals surface area contributed by atoms with Crippen molar-refractivity contribution >= 4 is 43.5 Å². The lowest BCUT2D eigenvalue weighted by atomic mass is 10.2. The highest BCUT2D eigenvalue weighted by molar-refractivity contribution is 9.11. The molecule has 6 heteroatoms. The fourth-order valence-electron chi connectivity index (χ4n) is 1.32. The third-order valence-electron chi connectivity index (χ3n) is 2.28. The van der Waals surface area contributed by atoms with E-state index in [0.29, 0.717) is 17.9 Å². The van der Waals surface area contributed by atoms with E-state index in [2.05, 4.69) is 37.2 Å². The Labute approximate surface area is 117 Å². The molecule has 1 aromatic rings. The second-order valence-electron chi connectivity index (χ2n) is 3.41. The highest BCUT2D eigenvalue weighted by Gasteiger charge is 2.16. The average Bonchev–Trinajstić information content (AvgIpc) is 2.27. The van der Waals surface area contributed by atoms with Crippen molar-refractivity contribution in [1.82, 2.24) is 0 Å². The predicted octanol–water partition coefficient (Wildman–Crippen LogP) is 3.50. The van der Waals surface area contributed by atoms with Gasteiger partial charge in [0.2, 0.25) is 0 Å². The Balaban J connectivity index is 3.01. The second-order valence-corrected chi connectivity index (χ2v) is 5.12. The Morgan fingerprint density at radius 1 is 1.47 bits per heavy atom. The van der Waals surface area contributed by atoms with Gasteiger partial charge in [0.1, 0.15) is 11.8 Å². The Morgan fingerprint density at radius 2 is 2.12 bits per heavy atom. The number of rotatable bonds is 5. The van der Waals surface area contributed by atoms with Crippen LogP contribution in [0.4, 0.5) is 5.69 Å². The van der Waals surface area contributed by atoms with Gasteiger partial charge in [0.05, 0.1) is 17.3 Å². The van der Waals surface area contributed by atoms with Gasteiger partial charge in [-0.05, 0) is 44.3 Å². The molecule has 1 atom stereocenters. The summed E-state index contributed by atoms with van der Waals surface area (Å²) >= 11 is 6.73. The Bertz CT molecular complexity index is 423. The van der Waals surface area contributed by atoms with Crippen LogP contribution >= 0.6 is 31.9 Å². The minimum absolute atomic E-state index is 0.500. The van der Waals surface area contributed by atoms with E-state index in [1.165, 1.54) is 0 Å². The number of halogens is 2. The van der Waals surface area contributed by atoms with E-state index in [1.807, 2.05) is 13.0 Å². The van der Waals surface area contributed by atoms with Crippen LogP contribution in [0.15, 0.2) is 21.1 Å². The van der Waals surface area contributed by atoms with Crippen LogP contribution in [0.5, 0.6) is 5.75 Å². The van der Waals surface area contributed by atoms with Crippen molar-refractivity contribution in [2.75, 3.05) is 12.4 Å². The number of benzene rings is 1. The summed E-state index contributed by atoms with van der Waals surface area (Å²) in [6, 6.07) is 2.95. The van der Waals surface area contributed by atoms with Crippen molar-refractivity contribution in [1.29, 1.82) is 0 Å². The van der Waals surface area contributed by atoms with E-state index in [9.17, 15) is 4.79 Å². The molecule has 0 bridgehead atoms. The van der Waals surface area contributed by atoms with Gasteiger partial charge >= 0.3 is 5.97 Å². The van der Waals surface area contributed by atoms with Crippen LogP contribution in [0, 0.1) is 0 Å². The third kappa shape index (κ3) is 3.61. The van der Waals surface area contributed by atoms with Crippen molar-refractivity contribution < 1.29 is 14.6 Å². The number of carboxylic acid groups (broad SMARTS) is 1. The summed E-state index contributed by atoms with van der Waals surface area (Å²) < 4.78 is 6.75. The van der Waals surface area contributed by atoms with E-state index in [4.69, 9.17) is 9.84 Å². The quantitative estimate of drug-likeness (QED) is 0.837. The highest BCUT2D eigenvalue weighted by atomic mass is 79.9. The molecular formula is C11H13Br2NO3. The topological polar surface area (TPSA) is 58.6 Å². The number of anilines is 1. The van der Waals surface area contributed by atoms with Crippen molar-refractivity contribution in [3.05, 3.63) is 21.1 Å². The molecule has 0 radical (unpaired) electrons. The van der Waals surface area contributed by atoms with Gasteiger partial charge in [-0.2, -0.15) is 0 Å². The molecule has 4 nitrogen and oxygen atoms in total. The summed E-state index contributed by atoms with van der Waals surface area (Å²) in [5, 5.41) is 11.9. The standard InChI is InChI=1S/C11H13Br2NO3/c1-3-8(11(15)16)14-9-5-10(17-2)7(13)4-6(9)12/h4-5,8,14H,3H2,1-2H3,(H,15,16). The number of ether oxygens (including phenoxy) is 1. The Kier molecular flexibility index (Phi) is 5.27. The summed E-state index contributed by atoms with van der Waals surface area (Å²) in [6.07, 6.45) is 0.500. The molecule has 0 aliphatic carbocycles. The molecule has 1 unspecified atom stereocenters. The predicted molar refractivity (Wildman–Crippen MR) is 73.7 cm³/mol. The van der Waals surface area contributed by atoms with Gasteiger partial charge < -0.3 is 15.2 Å². The lowest BCUT2D eigenvalue weighted by molar-refractivity contribution is -0.137. The van der Waals surface area contributed by atoms with Crippen LogP contribution < -0.4 is 10.1 Å². The summed E-state index contributed by atoms with van der Waals surface area (Å²) in [6.45, 7) is 1.82. The highest BCUT2D eigenvalue weighted by Crippen LogP contribution is 2.34. The molecule has 0 amide bonds. The zero-order valence-electron chi connectivity index (χ0n) is 9.46. The van der Waals surface area contributed by atoms with Gasteiger partial charge in [-0.25, -0.2) is 4.79 Å². The second kappa shape index (κ2) is 6.26. The SMILES string of the molecule is CCC(Nc1cc(OC)c(Br)cc1Br)C(=O)O. The maximum atomic E-state index is 10.9. The van der Waals surface area contributed by atoms with Crippen molar-refractivity contribution in [2.24, 2.45) is 0 Å².